The van der Waals surface area contributed by atoms with Crippen molar-refractivity contribution in [3.8, 4) is 0 Å². The van der Waals surface area contributed by atoms with Gasteiger partial charge in [-0.3, -0.25) is 4.98 Å². The van der Waals surface area contributed by atoms with Crippen molar-refractivity contribution in [1.82, 2.24) is 9.55 Å². The lowest BCUT2D eigenvalue weighted by atomic mass is 9.58. The first-order valence-electron chi connectivity index (χ1n) is 13.6. The van der Waals surface area contributed by atoms with E-state index in [1.165, 1.54) is 39.6 Å². The van der Waals surface area contributed by atoms with Gasteiger partial charge in [-0.1, -0.05) is 133 Å². The molecule has 0 saturated carbocycles. The lowest BCUT2D eigenvalue weighted by molar-refractivity contribution is 0.896. The van der Waals surface area contributed by atoms with Gasteiger partial charge >= 0.3 is 0 Å². The first kappa shape index (κ1) is 25.7. The Morgan fingerprint density at radius 1 is 0.737 bits per heavy atom. The van der Waals surface area contributed by atoms with Gasteiger partial charge in [0.2, 0.25) is 7.28 Å². The number of benzene rings is 4. The van der Waals surface area contributed by atoms with Gasteiger partial charge in [-0.15, -0.1) is 0 Å². The number of rotatable bonds is 11. The second kappa shape index (κ2) is 13.1. The molecule has 1 aromatic heterocycles. The van der Waals surface area contributed by atoms with Crippen molar-refractivity contribution in [2.45, 2.75) is 30.9 Å². The van der Waals surface area contributed by atoms with Crippen LogP contribution >= 0.6 is 0 Å². The lowest BCUT2D eigenvalue weighted by Crippen LogP contribution is -2.32. The van der Waals surface area contributed by atoms with E-state index in [9.17, 15) is 0 Å². The van der Waals surface area contributed by atoms with E-state index in [2.05, 4.69) is 145 Å². The molecule has 0 amide bonds. The first-order chi connectivity index (χ1) is 18.8. The molecular weight excluding hydrogens is 475 g/mol. The number of allylic oxidation sites excluding steroid dienone is 2. The molecule has 2 nitrogen and oxygen atoms in total. The summed E-state index contributed by atoms with van der Waals surface area (Å²) in [6.45, 7) is 2.31. The predicted molar refractivity (Wildman–Crippen MR) is 166 cm³/mol. The molecule has 38 heavy (non-hydrogen) atoms. The molecular formula is C34H35BN2Si. The minimum Gasteiger partial charge on any atom is -0.347 e. The summed E-state index contributed by atoms with van der Waals surface area (Å²) in [4.78, 5) is 4.80. The minimum absolute atomic E-state index is 0.299. The molecule has 0 saturated heterocycles. The van der Waals surface area contributed by atoms with Crippen molar-refractivity contribution >= 4 is 22.5 Å². The molecule has 0 fully saturated rings. The van der Waals surface area contributed by atoms with Gasteiger partial charge in [0, 0.05) is 34.0 Å². The third-order valence-corrected chi connectivity index (χ3v) is 9.27. The number of hydrogen-bond acceptors (Lipinski definition) is 1. The van der Waals surface area contributed by atoms with Crippen LogP contribution in [0.15, 0.2) is 145 Å². The molecule has 0 N–H and O–H groups in total. The van der Waals surface area contributed by atoms with E-state index in [0.717, 1.165) is 13.4 Å². The maximum absolute atomic E-state index is 4.80. The average Bonchev–Trinajstić information content (AvgIpc) is 3.43. The highest BCUT2D eigenvalue weighted by Crippen LogP contribution is 2.28. The molecule has 0 aliphatic rings. The van der Waals surface area contributed by atoms with Gasteiger partial charge < -0.3 is 4.57 Å². The summed E-state index contributed by atoms with van der Waals surface area (Å²) in [6.07, 6.45) is 7.73. The Morgan fingerprint density at radius 3 is 1.71 bits per heavy atom. The van der Waals surface area contributed by atoms with E-state index in [-0.39, 0.29) is 9.52 Å². The third kappa shape index (κ3) is 6.70. The quantitative estimate of drug-likeness (QED) is 0.156. The summed E-state index contributed by atoms with van der Waals surface area (Å²) in [7, 11) is 0.577. The Bertz CT molecular complexity index is 1340. The first-order valence-corrected chi connectivity index (χ1v) is 15.6. The van der Waals surface area contributed by atoms with E-state index in [1.54, 1.807) is 0 Å². The Balaban J connectivity index is 1.28. The van der Waals surface area contributed by atoms with Gasteiger partial charge in [-0.05, 0) is 41.0 Å². The van der Waals surface area contributed by atoms with Crippen molar-refractivity contribution in [3.05, 3.63) is 168 Å². The second-order valence-electron chi connectivity index (χ2n) is 10.0. The van der Waals surface area contributed by atoms with Crippen LogP contribution in [0.1, 0.15) is 40.9 Å². The number of aromatic nitrogens is 2. The Kier molecular flexibility index (Phi) is 8.86. The summed E-state index contributed by atoms with van der Waals surface area (Å²) >= 11 is 0. The van der Waals surface area contributed by atoms with Crippen LogP contribution in [-0.2, 0) is 6.17 Å². The van der Waals surface area contributed by atoms with Crippen LogP contribution in [0.4, 0.5) is 0 Å². The monoisotopic (exact) mass is 510 g/mol. The smallest absolute Gasteiger partial charge is 0.217 e. The van der Waals surface area contributed by atoms with Crippen LogP contribution in [-0.4, -0.2) is 26.4 Å². The Labute approximate surface area is 230 Å². The van der Waals surface area contributed by atoms with E-state index in [1.807, 2.05) is 6.20 Å². The van der Waals surface area contributed by atoms with Crippen molar-refractivity contribution in [2.24, 2.45) is 0 Å². The molecule has 188 valence electrons. The molecule has 0 aliphatic carbocycles. The number of hydrogen-bond donors (Lipinski definition) is 0. The molecule has 4 heteroatoms. The van der Waals surface area contributed by atoms with Gasteiger partial charge in [0.25, 0.3) is 0 Å². The normalized spacial score (nSPS) is 12.0. The third-order valence-electron chi connectivity index (χ3n) is 7.33. The molecule has 0 bridgehead atoms. The van der Waals surface area contributed by atoms with Crippen molar-refractivity contribution in [2.75, 3.05) is 0 Å². The minimum atomic E-state index is -0.334. The highest BCUT2D eigenvalue weighted by molar-refractivity contribution is 6.54. The maximum atomic E-state index is 4.80. The molecule has 0 aliphatic heterocycles. The van der Waals surface area contributed by atoms with E-state index in [0.29, 0.717) is 11.7 Å². The summed E-state index contributed by atoms with van der Waals surface area (Å²) in [5, 5.41) is 0. The second-order valence-corrected chi connectivity index (χ2v) is 11.7. The van der Waals surface area contributed by atoms with Crippen LogP contribution < -0.4 is 5.72 Å². The Morgan fingerprint density at radius 2 is 1.21 bits per heavy atom. The molecule has 1 heterocycles. The molecule has 0 atom stereocenters. The van der Waals surface area contributed by atoms with Crippen molar-refractivity contribution in [1.29, 1.82) is 0 Å². The Hall–Kier alpha value is -3.89. The average molecular weight is 511 g/mol. The largest absolute Gasteiger partial charge is 0.347 e. The fourth-order valence-corrected chi connectivity index (χ4v) is 6.95. The van der Waals surface area contributed by atoms with Gasteiger partial charge in [0.05, 0.1) is 5.72 Å². The van der Waals surface area contributed by atoms with E-state index < -0.39 is 0 Å². The van der Waals surface area contributed by atoms with Gasteiger partial charge in [-0.2, -0.15) is 0 Å². The standard InChI is InChI=1S/C34H35BN2Si/c1-27(24-32(28-14-6-2-7-15-28)29-16-8-3-9-17-29)25-38-26-37-23-22-36-34(37)35-33(30-18-10-4-11-19-30)31-20-12-5-13-21-31/h2-24,32-33,35H,25-26,38H2,1H3. The lowest BCUT2D eigenvalue weighted by Gasteiger charge is -2.18. The van der Waals surface area contributed by atoms with Crippen molar-refractivity contribution in [3.63, 3.8) is 0 Å². The molecule has 4 aromatic carbocycles. The molecule has 5 rings (SSSR count). The van der Waals surface area contributed by atoms with Crippen LogP contribution in [0.2, 0.25) is 6.04 Å². The SMILES string of the molecule is CC(=CC(c1ccccc1)c1ccccc1)C[SiH2]Cn1ccnc1BC(c1ccccc1)c1ccccc1. The zero-order chi connectivity index (χ0) is 26.0. The highest BCUT2D eigenvalue weighted by atomic mass is 28.2. The fourth-order valence-electron chi connectivity index (χ4n) is 5.32. The topological polar surface area (TPSA) is 17.8 Å². The summed E-state index contributed by atoms with van der Waals surface area (Å²) in [6, 6.07) is 44.6. The summed E-state index contributed by atoms with van der Waals surface area (Å²) in [5.74, 6) is 0.604. The van der Waals surface area contributed by atoms with E-state index in [4.69, 9.17) is 4.98 Å². The molecule has 0 spiro atoms. The van der Waals surface area contributed by atoms with Crippen LogP contribution in [0.3, 0.4) is 0 Å². The van der Waals surface area contributed by atoms with Crippen LogP contribution in [0.25, 0.3) is 0 Å². The number of nitrogens with zero attached hydrogens (tertiary/aromatic N) is 2. The van der Waals surface area contributed by atoms with E-state index >= 15 is 0 Å². The predicted octanol–water partition coefficient (Wildman–Crippen LogP) is 6.06. The van der Waals surface area contributed by atoms with Crippen LogP contribution in [0, 0.1) is 0 Å². The molecule has 0 unspecified atom stereocenters. The highest BCUT2D eigenvalue weighted by Gasteiger charge is 2.19. The van der Waals surface area contributed by atoms with Gasteiger partial charge in [-0.25, -0.2) is 0 Å². The van der Waals surface area contributed by atoms with Gasteiger partial charge in [0.15, 0.2) is 0 Å². The molecule has 5 aromatic rings. The van der Waals surface area contributed by atoms with Crippen molar-refractivity contribution < 1.29 is 0 Å². The van der Waals surface area contributed by atoms with Crippen LogP contribution in [0.5, 0.6) is 0 Å². The zero-order valence-electron chi connectivity index (χ0n) is 22.2. The maximum Gasteiger partial charge on any atom is 0.217 e. The fraction of sp³-hybridized carbons (Fsp3) is 0.147. The summed E-state index contributed by atoms with van der Waals surface area (Å²) < 4.78 is 2.41. The zero-order valence-corrected chi connectivity index (χ0v) is 23.6. The van der Waals surface area contributed by atoms with Gasteiger partial charge in [0.1, 0.15) is 0 Å². The number of imidazole rings is 1. The summed E-state index contributed by atoms with van der Waals surface area (Å²) in [5.41, 5.74) is 8.06. The molecule has 0 radical (unpaired) electrons.